The zero-order valence-corrected chi connectivity index (χ0v) is 16.0. The van der Waals surface area contributed by atoms with Crippen molar-refractivity contribution in [2.45, 2.75) is 38.4 Å². The Labute approximate surface area is 155 Å². The van der Waals surface area contributed by atoms with Crippen LogP contribution in [0.1, 0.15) is 38.2 Å². The fourth-order valence-electron chi connectivity index (χ4n) is 3.93. The Morgan fingerprint density at radius 3 is 2.50 bits per heavy atom. The molecule has 1 atom stereocenters. The molecule has 1 aromatic carbocycles. The average molecular weight is 383 g/mol. The van der Waals surface area contributed by atoms with Crippen LogP contribution in [0, 0.1) is 17.7 Å². The van der Waals surface area contributed by atoms with Crippen molar-refractivity contribution in [2.75, 3.05) is 26.2 Å². The molecule has 26 heavy (non-hydrogen) atoms. The number of rotatable bonds is 4. The van der Waals surface area contributed by atoms with E-state index in [-0.39, 0.29) is 23.1 Å². The van der Waals surface area contributed by atoms with E-state index in [9.17, 15) is 17.6 Å². The summed E-state index contributed by atoms with van der Waals surface area (Å²) >= 11 is 0. The zero-order chi connectivity index (χ0) is 18.7. The summed E-state index contributed by atoms with van der Waals surface area (Å²) in [6.07, 6.45) is 3.29. The number of halogens is 1. The van der Waals surface area contributed by atoms with Crippen LogP contribution in [0.15, 0.2) is 24.3 Å². The highest BCUT2D eigenvalue weighted by atomic mass is 32.2. The van der Waals surface area contributed by atoms with Crippen molar-refractivity contribution in [3.63, 3.8) is 0 Å². The Morgan fingerprint density at radius 2 is 1.85 bits per heavy atom. The molecule has 0 unspecified atom stereocenters. The topological polar surface area (TPSA) is 57.7 Å². The highest BCUT2D eigenvalue weighted by Crippen LogP contribution is 2.26. The third-order valence-corrected chi connectivity index (χ3v) is 7.29. The summed E-state index contributed by atoms with van der Waals surface area (Å²) in [6, 6.07) is 5.96. The minimum absolute atomic E-state index is 0.0970. The van der Waals surface area contributed by atoms with Crippen LogP contribution in [-0.4, -0.2) is 49.7 Å². The molecule has 2 aliphatic heterocycles. The van der Waals surface area contributed by atoms with Gasteiger partial charge in [-0.1, -0.05) is 25.1 Å². The van der Waals surface area contributed by atoms with E-state index in [2.05, 4.69) is 6.92 Å². The lowest BCUT2D eigenvalue weighted by Gasteiger charge is -2.36. The summed E-state index contributed by atoms with van der Waals surface area (Å²) in [5, 5.41) is 0. The van der Waals surface area contributed by atoms with Crippen molar-refractivity contribution >= 4 is 15.9 Å². The van der Waals surface area contributed by atoms with E-state index in [1.807, 2.05) is 4.90 Å². The predicted molar refractivity (Wildman–Crippen MR) is 98.3 cm³/mol. The van der Waals surface area contributed by atoms with Gasteiger partial charge in [0.1, 0.15) is 5.82 Å². The third-order valence-electron chi connectivity index (χ3n) is 5.46. The zero-order valence-electron chi connectivity index (χ0n) is 15.2. The van der Waals surface area contributed by atoms with Gasteiger partial charge in [0.2, 0.25) is 15.9 Å². The van der Waals surface area contributed by atoms with Gasteiger partial charge in [-0.25, -0.2) is 17.1 Å². The van der Waals surface area contributed by atoms with Crippen LogP contribution in [0.5, 0.6) is 0 Å². The molecule has 0 spiro atoms. The number of hydrogen-bond donors (Lipinski definition) is 0. The average Bonchev–Trinajstić information content (AvgIpc) is 2.63. The van der Waals surface area contributed by atoms with Crippen LogP contribution < -0.4 is 0 Å². The van der Waals surface area contributed by atoms with Crippen molar-refractivity contribution < 1.29 is 17.6 Å². The molecule has 2 saturated heterocycles. The number of nitrogens with zero attached hydrogens (tertiary/aromatic N) is 2. The second kappa shape index (κ2) is 8.05. The second-order valence-corrected chi connectivity index (χ2v) is 9.52. The van der Waals surface area contributed by atoms with Crippen LogP contribution in [0.3, 0.4) is 0 Å². The molecule has 2 fully saturated rings. The van der Waals surface area contributed by atoms with Crippen molar-refractivity contribution in [1.29, 1.82) is 0 Å². The molecule has 5 nitrogen and oxygen atoms in total. The summed E-state index contributed by atoms with van der Waals surface area (Å²) < 4.78 is 40.3. The van der Waals surface area contributed by atoms with Crippen molar-refractivity contribution in [3.05, 3.63) is 35.6 Å². The SMILES string of the molecule is C[C@H]1CCCN(C(=O)C2CCN(S(=O)(=O)Cc3ccccc3F)CC2)C1. The van der Waals surface area contributed by atoms with Gasteiger partial charge in [-0.15, -0.1) is 0 Å². The lowest BCUT2D eigenvalue weighted by atomic mass is 9.93. The highest BCUT2D eigenvalue weighted by Gasteiger charge is 2.34. The molecule has 0 aliphatic carbocycles. The molecule has 7 heteroatoms. The van der Waals surface area contributed by atoms with Crippen molar-refractivity contribution in [3.8, 4) is 0 Å². The first kappa shape index (κ1) is 19.3. The molecule has 0 N–H and O–H groups in total. The minimum Gasteiger partial charge on any atom is -0.342 e. The molecule has 3 rings (SSSR count). The molecule has 2 heterocycles. The molecular weight excluding hydrogens is 355 g/mol. The van der Waals surface area contributed by atoms with Crippen molar-refractivity contribution in [2.24, 2.45) is 11.8 Å². The maximum atomic E-state index is 13.8. The van der Waals surface area contributed by atoms with Crippen LogP contribution in [0.25, 0.3) is 0 Å². The van der Waals surface area contributed by atoms with Gasteiger partial charge < -0.3 is 4.90 Å². The molecular formula is C19H27FN2O3S. The minimum atomic E-state index is -3.57. The van der Waals surface area contributed by atoms with E-state index >= 15 is 0 Å². The largest absolute Gasteiger partial charge is 0.342 e. The predicted octanol–water partition coefficient (Wildman–Crippen LogP) is 2.63. The Balaban J connectivity index is 1.57. The molecule has 0 bridgehead atoms. The number of hydrogen-bond acceptors (Lipinski definition) is 3. The van der Waals surface area contributed by atoms with Crippen molar-refractivity contribution in [1.82, 2.24) is 9.21 Å². The van der Waals surface area contributed by atoms with E-state index in [1.165, 1.54) is 16.4 Å². The normalized spacial score (nSPS) is 23.2. The Morgan fingerprint density at radius 1 is 1.15 bits per heavy atom. The summed E-state index contributed by atoms with van der Waals surface area (Å²) in [5.41, 5.74) is 0.188. The van der Waals surface area contributed by atoms with Gasteiger partial charge in [-0.3, -0.25) is 4.79 Å². The summed E-state index contributed by atoms with van der Waals surface area (Å²) in [6.45, 7) is 4.45. The Hall–Kier alpha value is -1.47. The number of carbonyl (C=O) groups is 1. The number of amides is 1. The molecule has 1 aromatic rings. The molecule has 2 aliphatic rings. The molecule has 1 amide bonds. The van der Waals surface area contributed by atoms with Gasteiger partial charge in [0.25, 0.3) is 0 Å². The van der Waals surface area contributed by atoms with Crippen LogP contribution >= 0.6 is 0 Å². The van der Waals surface area contributed by atoms with E-state index in [4.69, 9.17) is 0 Å². The van der Waals surface area contributed by atoms with Gasteiger partial charge in [-0.05, 0) is 37.7 Å². The number of piperidine rings is 2. The number of sulfonamides is 1. The van der Waals surface area contributed by atoms with Gasteiger partial charge in [-0.2, -0.15) is 0 Å². The fourth-order valence-corrected chi connectivity index (χ4v) is 5.51. The van der Waals surface area contributed by atoms with Gasteiger partial charge in [0.15, 0.2) is 0 Å². The highest BCUT2D eigenvalue weighted by molar-refractivity contribution is 7.88. The van der Waals surface area contributed by atoms with Crippen LogP contribution in [0.2, 0.25) is 0 Å². The van der Waals surface area contributed by atoms with Crippen LogP contribution in [0.4, 0.5) is 4.39 Å². The second-order valence-electron chi connectivity index (χ2n) is 7.55. The smallest absolute Gasteiger partial charge is 0.225 e. The summed E-state index contributed by atoms with van der Waals surface area (Å²) in [5.74, 6) is -0.223. The lowest BCUT2D eigenvalue weighted by molar-refractivity contribution is -0.138. The number of likely N-dealkylation sites (tertiary alicyclic amines) is 1. The summed E-state index contributed by atoms with van der Waals surface area (Å²) in [7, 11) is -3.57. The lowest BCUT2D eigenvalue weighted by Crippen LogP contribution is -2.47. The van der Waals surface area contributed by atoms with E-state index in [0.717, 1.165) is 25.9 Å². The van der Waals surface area contributed by atoms with Crippen LogP contribution in [-0.2, 0) is 20.6 Å². The standard InChI is InChI=1S/C19H27FN2O3S/c1-15-5-4-10-21(13-15)19(23)16-8-11-22(12-9-16)26(24,25)14-17-6-2-3-7-18(17)20/h2-3,6-7,15-16H,4-5,8-14H2,1H3/t15-/m0/s1. The third kappa shape index (κ3) is 4.43. The molecule has 0 aromatic heterocycles. The maximum absolute atomic E-state index is 13.8. The first-order chi connectivity index (χ1) is 12.4. The van der Waals surface area contributed by atoms with Gasteiger partial charge >= 0.3 is 0 Å². The maximum Gasteiger partial charge on any atom is 0.225 e. The van der Waals surface area contributed by atoms with E-state index in [0.29, 0.717) is 31.8 Å². The first-order valence-electron chi connectivity index (χ1n) is 9.37. The monoisotopic (exact) mass is 382 g/mol. The molecule has 144 valence electrons. The molecule has 0 radical (unpaired) electrons. The number of carbonyl (C=O) groups excluding carboxylic acids is 1. The van der Waals surface area contributed by atoms with E-state index in [1.54, 1.807) is 12.1 Å². The Bertz CT molecular complexity index is 745. The Kier molecular flexibility index (Phi) is 5.97. The number of benzene rings is 1. The van der Waals surface area contributed by atoms with Gasteiger partial charge in [0.05, 0.1) is 5.75 Å². The quantitative estimate of drug-likeness (QED) is 0.804. The van der Waals surface area contributed by atoms with E-state index < -0.39 is 15.8 Å². The summed E-state index contributed by atoms with van der Waals surface area (Å²) in [4.78, 5) is 14.6. The first-order valence-corrected chi connectivity index (χ1v) is 11.0. The van der Waals surface area contributed by atoms with Gasteiger partial charge in [0, 0.05) is 37.7 Å². The fraction of sp³-hybridized carbons (Fsp3) is 0.632. The molecule has 0 saturated carbocycles.